The molecule has 3 aromatic rings. The van der Waals surface area contributed by atoms with Crippen LogP contribution in [-0.4, -0.2) is 15.9 Å². The fourth-order valence-electron chi connectivity index (χ4n) is 1.87. The maximum Gasteiger partial charge on any atom is 0.259 e. The van der Waals surface area contributed by atoms with Crippen molar-refractivity contribution in [1.82, 2.24) is 9.97 Å². The van der Waals surface area contributed by atoms with E-state index in [4.69, 9.17) is 11.6 Å². The number of halogens is 2. The van der Waals surface area contributed by atoms with E-state index < -0.39 is 11.7 Å². The maximum absolute atomic E-state index is 13.3. The first-order valence-electron chi connectivity index (χ1n) is 5.85. The summed E-state index contributed by atoms with van der Waals surface area (Å²) < 4.78 is 13.3. The van der Waals surface area contributed by atoms with Crippen molar-refractivity contribution in [3.8, 4) is 0 Å². The highest BCUT2D eigenvalue weighted by molar-refractivity contribution is 6.34. The molecule has 0 spiro atoms. The van der Waals surface area contributed by atoms with Crippen LogP contribution in [0.25, 0.3) is 11.0 Å². The number of H-pyrrole nitrogens is 1. The van der Waals surface area contributed by atoms with Gasteiger partial charge in [0.25, 0.3) is 5.91 Å². The molecule has 0 unspecified atom stereocenters. The minimum atomic E-state index is -0.635. The number of carbonyl (C=O) groups excluding carboxylic acids is 1. The van der Waals surface area contributed by atoms with Crippen molar-refractivity contribution >= 4 is 34.5 Å². The standard InChI is InChI=1S/C14H9ClFN3O/c15-12-8(4-3-5-9(12)16)13(20)19-14-17-10-6-1-2-7-11(10)18-14/h1-7H,(H2,17,18,19,20). The predicted molar refractivity (Wildman–Crippen MR) is 75.5 cm³/mol. The average molecular weight is 290 g/mol. The van der Waals surface area contributed by atoms with Crippen LogP contribution in [0.4, 0.5) is 10.3 Å². The Morgan fingerprint density at radius 2 is 2.00 bits per heavy atom. The molecule has 0 aliphatic carbocycles. The number of imidazole rings is 1. The molecule has 0 aliphatic heterocycles. The molecular formula is C14H9ClFN3O. The second kappa shape index (κ2) is 4.94. The zero-order chi connectivity index (χ0) is 14.1. The second-order valence-electron chi connectivity index (χ2n) is 4.16. The topological polar surface area (TPSA) is 57.8 Å². The van der Waals surface area contributed by atoms with Gasteiger partial charge in [0.2, 0.25) is 5.95 Å². The quantitative estimate of drug-likeness (QED) is 0.757. The van der Waals surface area contributed by atoms with E-state index in [0.29, 0.717) is 0 Å². The highest BCUT2D eigenvalue weighted by atomic mass is 35.5. The summed E-state index contributed by atoms with van der Waals surface area (Å²) in [5, 5.41) is 2.35. The van der Waals surface area contributed by atoms with Crippen LogP contribution in [0, 0.1) is 5.82 Å². The lowest BCUT2D eigenvalue weighted by Gasteiger charge is -2.04. The van der Waals surface area contributed by atoms with Crippen LogP contribution in [0.2, 0.25) is 5.02 Å². The summed E-state index contributed by atoms with van der Waals surface area (Å²) in [4.78, 5) is 19.2. The highest BCUT2D eigenvalue weighted by Gasteiger charge is 2.14. The molecule has 2 aromatic carbocycles. The minimum absolute atomic E-state index is 0.0622. The third kappa shape index (κ3) is 2.23. The normalized spacial score (nSPS) is 10.7. The monoisotopic (exact) mass is 289 g/mol. The summed E-state index contributed by atoms with van der Waals surface area (Å²) >= 11 is 5.77. The minimum Gasteiger partial charge on any atom is -0.324 e. The van der Waals surface area contributed by atoms with Crippen LogP contribution in [-0.2, 0) is 0 Å². The number of nitrogens with one attached hydrogen (secondary N) is 2. The van der Waals surface area contributed by atoms with E-state index in [1.807, 2.05) is 24.3 Å². The first-order chi connectivity index (χ1) is 9.65. The van der Waals surface area contributed by atoms with E-state index in [-0.39, 0.29) is 16.5 Å². The zero-order valence-corrected chi connectivity index (χ0v) is 10.9. The van der Waals surface area contributed by atoms with Gasteiger partial charge in [0, 0.05) is 0 Å². The van der Waals surface area contributed by atoms with Crippen LogP contribution in [0.15, 0.2) is 42.5 Å². The van der Waals surface area contributed by atoms with Gasteiger partial charge in [-0.15, -0.1) is 0 Å². The molecule has 3 rings (SSSR count). The number of nitrogens with zero attached hydrogens (tertiary/aromatic N) is 1. The molecular weight excluding hydrogens is 281 g/mol. The number of aromatic nitrogens is 2. The lowest BCUT2D eigenvalue weighted by Crippen LogP contribution is -2.13. The van der Waals surface area contributed by atoms with Crippen LogP contribution in [0.5, 0.6) is 0 Å². The number of fused-ring (bicyclic) bond motifs is 1. The van der Waals surface area contributed by atoms with Gasteiger partial charge < -0.3 is 4.98 Å². The van der Waals surface area contributed by atoms with Gasteiger partial charge in [0.05, 0.1) is 21.6 Å². The molecule has 1 heterocycles. The molecule has 0 radical (unpaired) electrons. The van der Waals surface area contributed by atoms with E-state index >= 15 is 0 Å². The van der Waals surface area contributed by atoms with E-state index in [0.717, 1.165) is 11.0 Å². The maximum atomic E-state index is 13.3. The van der Waals surface area contributed by atoms with E-state index in [9.17, 15) is 9.18 Å². The average Bonchev–Trinajstić information content (AvgIpc) is 2.83. The van der Waals surface area contributed by atoms with Crippen molar-refractivity contribution in [3.63, 3.8) is 0 Å². The van der Waals surface area contributed by atoms with Crippen LogP contribution in [0.1, 0.15) is 10.4 Å². The number of carbonyl (C=O) groups is 1. The molecule has 6 heteroatoms. The smallest absolute Gasteiger partial charge is 0.259 e. The van der Waals surface area contributed by atoms with Gasteiger partial charge in [0.15, 0.2) is 0 Å². The summed E-state index contributed by atoms with van der Waals surface area (Å²) in [7, 11) is 0. The summed E-state index contributed by atoms with van der Waals surface area (Å²) in [5.41, 5.74) is 1.59. The molecule has 0 aliphatic rings. The molecule has 0 bridgehead atoms. The van der Waals surface area contributed by atoms with Crippen molar-refractivity contribution in [2.45, 2.75) is 0 Å². The number of benzene rings is 2. The van der Waals surface area contributed by atoms with Gasteiger partial charge in [0.1, 0.15) is 5.82 Å². The highest BCUT2D eigenvalue weighted by Crippen LogP contribution is 2.21. The molecule has 0 saturated carbocycles. The Bertz CT molecular complexity index is 767. The Morgan fingerprint density at radius 1 is 1.20 bits per heavy atom. The summed E-state index contributed by atoms with van der Waals surface area (Å²) in [6, 6.07) is 11.4. The number of amides is 1. The third-order valence-electron chi connectivity index (χ3n) is 2.82. The fraction of sp³-hybridized carbons (Fsp3) is 0. The number of anilines is 1. The first-order valence-corrected chi connectivity index (χ1v) is 6.23. The van der Waals surface area contributed by atoms with E-state index in [1.54, 1.807) is 0 Å². The molecule has 20 heavy (non-hydrogen) atoms. The van der Waals surface area contributed by atoms with Crippen LogP contribution < -0.4 is 5.32 Å². The number of hydrogen-bond acceptors (Lipinski definition) is 2. The van der Waals surface area contributed by atoms with E-state index in [1.165, 1.54) is 18.2 Å². The summed E-state index contributed by atoms with van der Waals surface area (Å²) in [5.74, 6) is -0.867. The molecule has 1 aromatic heterocycles. The van der Waals surface area contributed by atoms with Crippen molar-refractivity contribution in [2.75, 3.05) is 5.32 Å². The van der Waals surface area contributed by atoms with Crippen molar-refractivity contribution < 1.29 is 9.18 Å². The Labute approximate surface area is 118 Å². The summed E-state index contributed by atoms with van der Waals surface area (Å²) in [6.45, 7) is 0. The Morgan fingerprint density at radius 3 is 2.80 bits per heavy atom. The number of para-hydroxylation sites is 2. The lowest BCUT2D eigenvalue weighted by atomic mass is 10.2. The van der Waals surface area contributed by atoms with Gasteiger partial charge in [-0.2, -0.15) is 0 Å². The molecule has 4 nitrogen and oxygen atoms in total. The fourth-order valence-corrected chi connectivity index (χ4v) is 2.08. The Kier molecular flexibility index (Phi) is 3.12. The predicted octanol–water partition coefficient (Wildman–Crippen LogP) is 3.61. The largest absolute Gasteiger partial charge is 0.324 e. The number of aromatic amines is 1. The summed E-state index contributed by atoms with van der Waals surface area (Å²) in [6.07, 6.45) is 0. The molecule has 2 N–H and O–H groups in total. The van der Waals surface area contributed by atoms with Crippen molar-refractivity contribution in [3.05, 3.63) is 58.9 Å². The van der Waals surface area contributed by atoms with E-state index in [2.05, 4.69) is 15.3 Å². The lowest BCUT2D eigenvalue weighted by molar-refractivity contribution is 0.102. The van der Waals surface area contributed by atoms with Crippen LogP contribution in [0.3, 0.4) is 0 Å². The van der Waals surface area contributed by atoms with Gasteiger partial charge in [-0.3, -0.25) is 10.1 Å². The van der Waals surface area contributed by atoms with Gasteiger partial charge >= 0.3 is 0 Å². The van der Waals surface area contributed by atoms with Gasteiger partial charge in [-0.1, -0.05) is 29.8 Å². The SMILES string of the molecule is O=C(Nc1nc2ccccc2[nH]1)c1cccc(F)c1Cl. The third-order valence-corrected chi connectivity index (χ3v) is 3.20. The molecule has 0 saturated heterocycles. The molecule has 0 atom stereocenters. The zero-order valence-electron chi connectivity index (χ0n) is 10.2. The van der Waals surface area contributed by atoms with Crippen molar-refractivity contribution in [1.29, 1.82) is 0 Å². The van der Waals surface area contributed by atoms with Crippen LogP contribution >= 0.6 is 11.6 Å². The molecule has 0 fully saturated rings. The Balaban J connectivity index is 1.90. The second-order valence-corrected chi connectivity index (χ2v) is 4.54. The molecule has 1 amide bonds. The molecule has 100 valence electrons. The van der Waals surface area contributed by atoms with Gasteiger partial charge in [-0.05, 0) is 24.3 Å². The number of rotatable bonds is 2. The first kappa shape index (κ1) is 12.6. The van der Waals surface area contributed by atoms with Gasteiger partial charge in [-0.25, -0.2) is 9.37 Å². The number of hydrogen-bond donors (Lipinski definition) is 2. The Hall–Kier alpha value is -2.40. The van der Waals surface area contributed by atoms with Crippen molar-refractivity contribution in [2.24, 2.45) is 0 Å².